The van der Waals surface area contributed by atoms with Crippen LogP contribution in [-0.4, -0.2) is 28.8 Å². The Morgan fingerprint density at radius 2 is 1.88 bits per heavy atom. The average molecular weight is 370 g/mol. The van der Waals surface area contributed by atoms with Crippen LogP contribution in [0.4, 0.5) is 5.69 Å². The van der Waals surface area contributed by atoms with Crippen molar-refractivity contribution >= 4 is 29.2 Å². The van der Waals surface area contributed by atoms with Crippen molar-refractivity contribution < 1.29 is 14.3 Å². The number of esters is 1. The number of carbonyl (C=O) groups is 2. The molecular formula is C19H16ClN3O3. The highest BCUT2D eigenvalue weighted by Gasteiger charge is 2.16. The van der Waals surface area contributed by atoms with Crippen LogP contribution in [-0.2, 0) is 4.74 Å². The third-order valence-corrected chi connectivity index (χ3v) is 4.12. The van der Waals surface area contributed by atoms with Crippen molar-refractivity contribution in [3.63, 3.8) is 0 Å². The molecule has 0 fully saturated rings. The molecule has 3 rings (SSSR count). The summed E-state index contributed by atoms with van der Waals surface area (Å²) >= 11 is 5.90. The summed E-state index contributed by atoms with van der Waals surface area (Å²) in [6.07, 6.45) is 1.50. The number of nitrogens with zero attached hydrogens (tertiary/aromatic N) is 2. The number of anilines is 1. The first-order chi connectivity index (χ1) is 12.5. The maximum absolute atomic E-state index is 12.6. The van der Waals surface area contributed by atoms with E-state index in [2.05, 4.69) is 15.2 Å². The molecule has 132 valence electrons. The minimum Gasteiger partial charge on any atom is -0.465 e. The lowest BCUT2D eigenvalue weighted by molar-refractivity contribution is 0.0600. The molecule has 0 radical (unpaired) electrons. The Hall–Kier alpha value is -3.12. The first kappa shape index (κ1) is 17.7. The second kappa shape index (κ2) is 7.41. The molecule has 0 unspecified atom stereocenters. The number of ether oxygens (including phenoxy) is 1. The highest BCUT2D eigenvalue weighted by atomic mass is 35.5. The van der Waals surface area contributed by atoms with Crippen molar-refractivity contribution in [3.05, 3.63) is 76.6 Å². The van der Waals surface area contributed by atoms with Crippen molar-refractivity contribution in [3.8, 4) is 5.69 Å². The Kier molecular flexibility index (Phi) is 5.04. The molecular weight excluding hydrogens is 354 g/mol. The molecule has 0 atom stereocenters. The summed E-state index contributed by atoms with van der Waals surface area (Å²) in [5.74, 6) is -0.780. The van der Waals surface area contributed by atoms with Gasteiger partial charge in [0, 0.05) is 10.7 Å². The van der Waals surface area contributed by atoms with Crippen LogP contribution < -0.4 is 5.32 Å². The summed E-state index contributed by atoms with van der Waals surface area (Å²) in [5, 5.41) is 7.67. The van der Waals surface area contributed by atoms with Crippen molar-refractivity contribution in [1.29, 1.82) is 0 Å². The fourth-order valence-corrected chi connectivity index (χ4v) is 2.64. The third-order valence-electron chi connectivity index (χ3n) is 3.87. The van der Waals surface area contributed by atoms with Crippen LogP contribution in [0.15, 0.2) is 54.7 Å². The van der Waals surface area contributed by atoms with E-state index in [0.717, 1.165) is 5.69 Å². The van der Waals surface area contributed by atoms with Gasteiger partial charge in [-0.2, -0.15) is 5.10 Å². The average Bonchev–Trinajstić information content (AvgIpc) is 3.03. The summed E-state index contributed by atoms with van der Waals surface area (Å²) in [6.45, 7) is 1.81. The molecule has 0 aliphatic rings. The number of hydrogen-bond donors (Lipinski definition) is 1. The molecule has 1 aromatic heterocycles. The molecule has 0 saturated heterocycles. The van der Waals surface area contributed by atoms with Gasteiger partial charge in [-0.15, -0.1) is 0 Å². The topological polar surface area (TPSA) is 73.2 Å². The van der Waals surface area contributed by atoms with Crippen molar-refractivity contribution in [2.24, 2.45) is 0 Å². The third kappa shape index (κ3) is 3.60. The molecule has 0 spiro atoms. The predicted octanol–water partition coefficient (Wildman–Crippen LogP) is 3.87. The number of carbonyl (C=O) groups excluding carboxylic acids is 2. The first-order valence-corrected chi connectivity index (χ1v) is 8.17. The van der Waals surface area contributed by atoms with Gasteiger partial charge < -0.3 is 10.1 Å². The van der Waals surface area contributed by atoms with Crippen LogP contribution in [0.1, 0.15) is 26.4 Å². The lowest BCUT2D eigenvalue weighted by Crippen LogP contribution is -2.13. The van der Waals surface area contributed by atoms with Gasteiger partial charge in [-0.1, -0.05) is 17.7 Å². The molecule has 26 heavy (non-hydrogen) atoms. The molecule has 0 saturated carbocycles. The predicted molar refractivity (Wildman–Crippen MR) is 99.0 cm³/mol. The fraction of sp³-hybridized carbons (Fsp3) is 0.105. The molecule has 1 amide bonds. The van der Waals surface area contributed by atoms with Gasteiger partial charge in [0.25, 0.3) is 5.91 Å². The van der Waals surface area contributed by atoms with Gasteiger partial charge in [0.2, 0.25) is 0 Å². The smallest absolute Gasteiger partial charge is 0.337 e. The van der Waals surface area contributed by atoms with Gasteiger partial charge >= 0.3 is 5.97 Å². The first-order valence-electron chi connectivity index (χ1n) is 7.80. The van der Waals surface area contributed by atoms with Crippen LogP contribution >= 0.6 is 11.6 Å². The largest absolute Gasteiger partial charge is 0.465 e. The number of benzene rings is 2. The zero-order valence-electron chi connectivity index (χ0n) is 14.2. The van der Waals surface area contributed by atoms with Gasteiger partial charge in [-0.25, -0.2) is 9.48 Å². The lowest BCUT2D eigenvalue weighted by Gasteiger charge is -2.08. The number of halogens is 1. The summed E-state index contributed by atoms with van der Waals surface area (Å²) < 4.78 is 6.35. The SMILES string of the molecule is COC(=O)c1cccc(NC(=O)c2cnn(-c3ccc(Cl)cc3)c2C)c1. The Morgan fingerprint density at radius 1 is 1.15 bits per heavy atom. The Labute approximate surface area is 155 Å². The summed E-state index contributed by atoms with van der Waals surface area (Å²) in [6, 6.07) is 13.7. The second-order valence-electron chi connectivity index (χ2n) is 5.56. The minimum atomic E-state index is -0.465. The summed E-state index contributed by atoms with van der Waals surface area (Å²) in [4.78, 5) is 24.2. The maximum Gasteiger partial charge on any atom is 0.337 e. The van der Waals surface area contributed by atoms with Crippen molar-refractivity contribution in [1.82, 2.24) is 9.78 Å². The zero-order valence-corrected chi connectivity index (χ0v) is 14.9. The Bertz CT molecular complexity index is 964. The van der Waals surface area contributed by atoms with Crippen LogP contribution in [0.3, 0.4) is 0 Å². The Balaban J connectivity index is 1.83. The minimum absolute atomic E-state index is 0.315. The van der Waals surface area contributed by atoms with E-state index in [1.54, 1.807) is 48.0 Å². The lowest BCUT2D eigenvalue weighted by atomic mass is 10.2. The van der Waals surface area contributed by atoms with Crippen LogP contribution in [0.2, 0.25) is 5.02 Å². The van der Waals surface area contributed by atoms with Gasteiger partial charge in [-0.3, -0.25) is 4.79 Å². The molecule has 7 heteroatoms. The molecule has 1 heterocycles. The summed E-state index contributed by atoms with van der Waals surface area (Å²) in [5.41, 5.74) is 2.78. The van der Waals surface area contributed by atoms with E-state index in [-0.39, 0.29) is 5.91 Å². The molecule has 2 aromatic carbocycles. The number of nitrogens with one attached hydrogen (secondary N) is 1. The summed E-state index contributed by atoms with van der Waals surface area (Å²) in [7, 11) is 1.31. The second-order valence-corrected chi connectivity index (χ2v) is 5.99. The van der Waals surface area contributed by atoms with Crippen LogP contribution in [0, 0.1) is 6.92 Å². The molecule has 6 nitrogen and oxygen atoms in total. The van der Waals surface area contributed by atoms with E-state index in [9.17, 15) is 9.59 Å². The van der Waals surface area contributed by atoms with E-state index in [1.165, 1.54) is 13.3 Å². The van der Waals surface area contributed by atoms with Crippen LogP contribution in [0.5, 0.6) is 0 Å². The van der Waals surface area contributed by atoms with Gasteiger partial charge in [0.05, 0.1) is 35.8 Å². The number of hydrogen-bond acceptors (Lipinski definition) is 4. The number of methoxy groups -OCH3 is 1. The molecule has 0 aliphatic carbocycles. The molecule has 0 bridgehead atoms. The molecule has 1 N–H and O–H groups in total. The normalized spacial score (nSPS) is 10.4. The number of amides is 1. The van der Waals surface area contributed by atoms with E-state index in [1.807, 2.05) is 12.1 Å². The Morgan fingerprint density at radius 3 is 2.58 bits per heavy atom. The van der Waals surface area contributed by atoms with Gasteiger partial charge in [0.15, 0.2) is 0 Å². The molecule has 3 aromatic rings. The van der Waals surface area contributed by atoms with E-state index >= 15 is 0 Å². The quantitative estimate of drug-likeness (QED) is 0.708. The van der Waals surface area contributed by atoms with Gasteiger partial charge in [-0.05, 0) is 49.4 Å². The fourth-order valence-electron chi connectivity index (χ4n) is 2.52. The van der Waals surface area contributed by atoms with Gasteiger partial charge in [0.1, 0.15) is 0 Å². The highest BCUT2D eigenvalue weighted by molar-refractivity contribution is 6.30. The van der Waals surface area contributed by atoms with Crippen molar-refractivity contribution in [2.75, 3.05) is 12.4 Å². The van der Waals surface area contributed by atoms with Crippen LogP contribution in [0.25, 0.3) is 5.69 Å². The maximum atomic E-state index is 12.6. The van der Waals surface area contributed by atoms with E-state index < -0.39 is 5.97 Å². The number of aromatic nitrogens is 2. The van der Waals surface area contributed by atoms with E-state index in [0.29, 0.717) is 27.5 Å². The van der Waals surface area contributed by atoms with Crippen molar-refractivity contribution in [2.45, 2.75) is 6.92 Å². The zero-order chi connectivity index (χ0) is 18.7. The van der Waals surface area contributed by atoms with E-state index in [4.69, 9.17) is 11.6 Å². The molecule has 0 aliphatic heterocycles. The standard InChI is InChI=1S/C19H16ClN3O3/c1-12-17(11-21-23(12)16-8-6-14(20)7-9-16)18(24)22-15-5-3-4-13(10-15)19(25)26-2/h3-11H,1-2H3,(H,22,24). The monoisotopic (exact) mass is 369 g/mol. The number of rotatable bonds is 4. The highest BCUT2D eigenvalue weighted by Crippen LogP contribution is 2.19.